The summed E-state index contributed by atoms with van der Waals surface area (Å²) < 4.78 is 0. The summed E-state index contributed by atoms with van der Waals surface area (Å²) in [6, 6.07) is 9.11. The Morgan fingerprint density at radius 2 is 1.83 bits per heavy atom. The molecular weight excluding hydrogens is 310 g/mol. The van der Waals surface area contributed by atoms with Crippen molar-refractivity contribution in [2.24, 2.45) is 4.99 Å². The smallest absolute Gasteiger partial charge is 0.257 e. The standard InChI is InChI=1S/C16H17N5OS/c1-10-9-11(2)19-15(18-10)20-13-5-3-12(4-6-13)14(22)21-16-17-7-8-23-16/h3-6,9H,7-8H2,1-2H3,(H,17,21,22)(H,18,19,20). The molecule has 0 spiro atoms. The fraction of sp³-hybridized carbons (Fsp3) is 0.250. The number of benzene rings is 1. The topological polar surface area (TPSA) is 79.3 Å². The first-order chi connectivity index (χ1) is 11.1. The first kappa shape index (κ1) is 15.5. The molecule has 0 saturated carbocycles. The average molecular weight is 327 g/mol. The lowest BCUT2D eigenvalue weighted by Crippen LogP contribution is -2.27. The van der Waals surface area contributed by atoms with E-state index >= 15 is 0 Å². The van der Waals surface area contributed by atoms with Gasteiger partial charge in [-0.05, 0) is 44.2 Å². The van der Waals surface area contributed by atoms with Crippen LogP contribution in [0.1, 0.15) is 21.7 Å². The molecule has 0 atom stereocenters. The van der Waals surface area contributed by atoms with Gasteiger partial charge >= 0.3 is 0 Å². The first-order valence-corrected chi connectivity index (χ1v) is 8.27. The van der Waals surface area contributed by atoms with E-state index in [-0.39, 0.29) is 5.91 Å². The van der Waals surface area contributed by atoms with Crippen LogP contribution in [-0.4, -0.2) is 33.3 Å². The number of carbonyl (C=O) groups excluding carboxylic acids is 1. The molecule has 23 heavy (non-hydrogen) atoms. The van der Waals surface area contributed by atoms with Crippen LogP contribution in [0, 0.1) is 13.8 Å². The molecule has 0 aliphatic carbocycles. The summed E-state index contributed by atoms with van der Waals surface area (Å²) in [7, 11) is 0. The lowest BCUT2D eigenvalue weighted by atomic mass is 10.2. The molecule has 0 unspecified atom stereocenters. The number of rotatable bonds is 3. The number of amidine groups is 1. The van der Waals surface area contributed by atoms with Gasteiger partial charge in [-0.3, -0.25) is 9.79 Å². The highest BCUT2D eigenvalue weighted by atomic mass is 32.2. The van der Waals surface area contributed by atoms with Crippen LogP contribution in [0.2, 0.25) is 0 Å². The van der Waals surface area contributed by atoms with Gasteiger partial charge in [0.2, 0.25) is 5.95 Å². The fourth-order valence-electron chi connectivity index (χ4n) is 2.20. The van der Waals surface area contributed by atoms with Crippen molar-refractivity contribution >= 4 is 34.5 Å². The van der Waals surface area contributed by atoms with E-state index in [1.807, 2.05) is 32.0 Å². The molecule has 0 saturated heterocycles. The maximum Gasteiger partial charge on any atom is 0.257 e. The molecule has 2 aromatic rings. The summed E-state index contributed by atoms with van der Waals surface area (Å²) in [5, 5.41) is 6.65. The zero-order valence-electron chi connectivity index (χ0n) is 13.0. The lowest BCUT2D eigenvalue weighted by molar-refractivity contribution is 0.0978. The van der Waals surface area contributed by atoms with E-state index in [0.29, 0.717) is 16.7 Å². The summed E-state index contributed by atoms with van der Waals surface area (Å²) in [5.41, 5.74) is 3.24. The van der Waals surface area contributed by atoms with Gasteiger partial charge in [-0.15, -0.1) is 0 Å². The zero-order valence-corrected chi connectivity index (χ0v) is 13.8. The van der Waals surface area contributed by atoms with Gasteiger partial charge in [0.1, 0.15) is 0 Å². The Labute approximate surface area is 138 Å². The predicted octanol–water partition coefficient (Wildman–Crippen LogP) is 2.67. The van der Waals surface area contributed by atoms with Crippen molar-refractivity contribution in [1.82, 2.24) is 15.3 Å². The van der Waals surface area contributed by atoms with Gasteiger partial charge in [-0.2, -0.15) is 0 Å². The van der Waals surface area contributed by atoms with Crippen LogP contribution in [0.15, 0.2) is 35.3 Å². The molecule has 1 aliphatic rings. The molecule has 1 aromatic carbocycles. The number of hydrogen-bond donors (Lipinski definition) is 2. The molecular formula is C16H17N5OS. The minimum absolute atomic E-state index is 0.146. The molecule has 3 rings (SSSR count). The molecule has 0 fully saturated rings. The Morgan fingerprint density at radius 1 is 1.13 bits per heavy atom. The third-order valence-corrected chi connectivity index (χ3v) is 4.08. The molecule has 2 heterocycles. The summed E-state index contributed by atoms with van der Waals surface area (Å²) in [6.45, 7) is 4.62. The van der Waals surface area contributed by atoms with Crippen molar-refractivity contribution in [1.29, 1.82) is 0 Å². The van der Waals surface area contributed by atoms with Crippen LogP contribution in [-0.2, 0) is 0 Å². The van der Waals surface area contributed by atoms with E-state index in [2.05, 4.69) is 25.6 Å². The number of nitrogens with one attached hydrogen (secondary N) is 2. The van der Waals surface area contributed by atoms with Crippen LogP contribution < -0.4 is 10.6 Å². The molecule has 0 bridgehead atoms. The largest absolute Gasteiger partial charge is 0.324 e. The van der Waals surface area contributed by atoms with E-state index in [4.69, 9.17) is 0 Å². The molecule has 0 radical (unpaired) electrons. The fourth-order valence-corrected chi connectivity index (χ4v) is 2.92. The predicted molar refractivity (Wildman–Crippen MR) is 93.5 cm³/mol. The molecule has 6 nitrogen and oxygen atoms in total. The number of aliphatic imine (C=N–C) groups is 1. The van der Waals surface area contributed by atoms with Crippen molar-refractivity contribution in [3.8, 4) is 0 Å². The van der Waals surface area contributed by atoms with Gasteiger partial charge in [-0.1, -0.05) is 11.8 Å². The van der Waals surface area contributed by atoms with Crippen molar-refractivity contribution in [3.05, 3.63) is 47.3 Å². The number of thioether (sulfide) groups is 1. The third-order valence-electron chi connectivity index (χ3n) is 3.19. The number of aryl methyl sites for hydroxylation is 2. The monoisotopic (exact) mass is 327 g/mol. The number of anilines is 2. The third kappa shape index (κ3) is 4.07. The molecule has 1 aromatic heterocycles. The van der Waals surface area contributed by atoms with Gasteiger partial charge in [0, 0.05) is 28.4 Å². The average Bonchev–Trinajstić information content (AvgIpc) is 3.00. The van der Waals surface area contributed by atoms with Crippen LogP contribution in [0.4, 0.5) is 11.6 Å². The minimum Gasteiger partial charge on any atom is -0.324 e. The van der Waals surface area contributed by atoms with Gasteiger partial charge in [0.15, 0.2) is 5.17 Å². The van der Waals surface area contributed by atoms with Crippen molar-refractivity contribution in [2.75, 3.05) is 17.6 Å². The highest BCUT2D eigenvalue weighted by Gasteiger charge is 2.12. The number of carbonyl (C=O) groups is 1. The Morgan fingerprint density at radius 3 is 2.43 bits per heavy atom. The Hall–Kier alpha value is -2.41. The van der Waals surface area contributed by atoms with Crippen molar-refractivity contribution in [2.45, 2.75) is 13.8 Å². The van der Waals surface area contributed by atoms with Crippen molar-refractivity contribution < 1.29 is 4.79 Å². The van der Waals surface area contributed by atoms with Gasteiger partial charge in [0.05, 0.1) is 6.54 Å². The van der Waals surface area contributed by atoms with Crippen LogP contribution in [0.3, 0.4) is 0 Å². The van der Waals surface area contributed by atoms with Crippen LogP contribution in [0.5, 0.6) is 0 Å². The normalized spacial score (nSPS) is 13.6. The molecule has 118 valence electrons. The van der Waals surface area contributed by atoms with Crippen LogP contribution >= 0.6 is 11.8 Å². The number of aromatic nitrogens is 2. The van der Waals surface area contributed by atoms with E-state index in [9.17, 15) is 4.79 Å². The lowest BCUT2D eigenvalue weighted by Gasteiger charge is -2.08. The maximum atomic E-state index is 12.1. The van der Waals surface area contributed by atoms with Gasteiger partial charge in [0.25, 0.3) is 5.91 Å². The molecule has 2 N–H and O–H groups in total. The molecule has 1 aliphatic heterocycles. The summed E-state index contributed by atoms with van der Waals surface area (Å²) in [5.74, 6) is 1.33. The Bertz CT molecular complexity index is 737. The first-order valence-electron chi connectivity index (χ1n) is 7.28. The second kappa shape index (κ2) is 6.78. The summed E-state index contributed by atoms with van der Waals surface area (Å²) in [4.78, 5) is 25.0. The molecule has 7 heteroatoms. The van der Waals surface area contributed by atoms with E-state index in [1.54, 1.807) is 23.9 Å². The summed E-state index contributed by atoms with van der Waals surface area (Å²) in [6.07, 6.45) is 0. The zero-order chi connectivity index (χ0) is 16.2. The van der Waals surface area contributed by atoms with E-state index in [1.165, 1.54) is 0 Å². The van der Waals surface area contributed by atoms with Crippen molar-refractivity contribution in [3.63, 3.8) is 0 Å². The number of hydrogen-bond acceptors (Lipinski definition) is 6. The molecule has 1 amide bonds. The van der Waals surface area contributed by atoms with E-state index < -0.39 is 0 Å². The quantitative estimate of drug-likeness (QED) is 0.906. The SMILES string of the molecule is Cc1cc(C)nc(Nc2ccc(C(=O)NC3=NCCS3)cc2)n1. The number of amides is 1. The van der Waals surface area contributed by atoms with Crippen LogP contribution in [0.25, 0.3) is 0 Å². The summed E-state index contributed by atoms with van der Waals surface area (Å²) >= 11 is 1.56. The van der Waals surface area contributed by atoms with Gasteiger partial charge < -0.3 is 10.6 Å². The second-order valence-electron chi connectivity index (χ2n) is 5.17. The highest BCUT2D eigenvalue weighted by Crippen LogP contribution is 2.15. The number of nitrogens with zero attached hydrogens (tertiary/aromatic N) is 3. The Kier molecular flexibility index (Phi) is 4.57. The minimum atomic E-state index is -0.146. The highest BCUT2D eigenvalue weighted by molar-refractivity contribution is 8.14. The van der Waals surface area contributed by atoms with E-state index in [0.717, 1.165) is 29.4 Å². The second-order valence-corrected chi connectivity index (χ2v) is 6.25. The van der Waals surface area contributed by atoms with Gasteiger partial charge in [-0.25, -0.2) is 9.97 Å². The maximum absolute atomic E-state index is 12.1. The Balaban J connectivity index is 1.67.